The summed E-state index contributed by atoms with van der Waals surface area (Å²) in [6.07, 6.45) is 2.51. The number of benzene rings is 1. The first kappa shape index (κ1) is 14.7. The predicted molar refractivity (Wildman–Crippen MR) is 86.5 cm³/mol. The lowest BCUT2D eigenvalue weighted by molar-refractivity contribution is 0.281. The third kappa shape index (κ3) is 3.90. The van der Waals surface area contributed by atoms with Crippen molar-refractivity contribution < 1.29 is 9.47 Å². The lowest BCUT2D eigenvalue weighted by Gasteiger charge is -2.16. The average Bonchev–Trinajstić information content (AvgIpc) is 3.17. The predicted octanol–water partition coefficient (Wildman–Crippen LogP) is 4.24. The molecule has 0 unspecified atom stereocenters. The molecule has 1 aliphatic rings. The van der Waals surface area contributed by atoms with Gasteiger partial charge in [0.1, 0.15) is 6.61 Å². The summed E-state index contributed by atoms with van der Waals surface area (Å²) in [4.78, 5) is 0. The quantitative estimate of drug-likeness (QED) is 0.826. The fourth-order valence-electron chi connectivity index (χ4n) is 2.14. The summed E-state index contributed by atoms with van der Waals surface area (Å²) in [6.45, 7) is 1.29. The molecule has 0 aliphatic heterocycles. The standard InChI is InChI=1S/C16H18ClNO2S/c1-19-15-7-13(17)6-12(8-18-14-2-3-14)16(15)20-9-11-4-5-21-10-11/h4-7,10,14,18H,2-3,8-9H2,1H3. The van der Waals surface area contributed by atoms with Crippen molar-refractivity contribution in [2.45, 2.75) is 32.0 Å². The summed E-state index contributed by atoms with van der Waals surface area (Å²) in [5, 5.41) is 8.30. The van der Waals surface area contributed by atoms with Gasteiger partial charge in [0, 0.05) is 29.2 Å². The maximum Gasteiger partial charge on any atom is 0.166 e. The van der Waals surface area contributed by atoms with E-state index in [-0.39, 0.29) is 0 Å². The second-order valence-electron chi connectivity index (χ2n) is 5.17. The normalized spacial score (nSPS) is 14.2. The molecule has 0 atom stereocenters. The second-order valence-corrected chi connectivity index (χ2v) is 6.39. The van der Waals surface area contributed by atoms with Crippen LogP contribution in [0.15, 0.2) is 29.0 Å². The fourth-order valence-corrected chi connectivity index (χ4v) is 3.03. The van der Waals surface area contributed by atoms with Gasteiger partial charge >= 0.3 is 0 Å². The first-order valence-electron chi connectivity index (χ1n) is 7.00. The lowest BCUT2D eigenvalue weighted by Crippen LogP contribution is -2.16. The van der Waals surface area contributed by atoms with Crippen molar-refractivity contribution in [2.24, 2.45) is 0 Å². The van der Waals surface area contributed by atoms with Crippen LogP contribution in [0.5, 0.6) is 11.5 Å². The minimum Gasteiger partial charge on any atom is -0.493 e. The number of nitrogens with one attached hydrogen (secondary N) is 1. The van der Waals surface area contributed by atoms with Gasteiger partial charge in [0.15, 0.2) is 11.5 Å². The molecule has 5 heteroatoms. The lowest BCUT2D eigenvalue weighted by atomic mass is 10.1. The molecule has 21 heavy (non-hydrogen) atoms. The number of rotatable bonds is 7. The highest BCUT2D eigenvalue weighted by Gasteiger charge is 2.21. The van der Waals surface area contributed by atoms with E-state index in [1.165, 1.54) is 12.8 Å². The van der Waals surface area contributed by atoms with E-state index in [9.17, 15) is 0 Å². The van der Waals surface area contributed by atoms with Crippen molar-refractivity contribution in [3.8, 4) is 11.5 Å². The molecular weight excluding hydrogens is 306 g/mol. The fraction of sp³-hybridized carbons (Fsp3) is 0.375. The summed E-state index contributed by atoms with van der Waals surface area (Å²) in [7, 11) is 1.64. The van der Waals surface area contributed by atoms with Gasteiger partial charge in [-0.05, 0) is 41.3 Å². The highest BCUT2D eigenvalue weighted by Crippen LogP contribution is 2.36. The highest BCUT2D eigenvalue weighted by molar-refractivity contribution is 7.07. The van der Waals surface area contributed by atoms with Gasteiger partial charge in [-0.25, -0.2) is 0 Å². The zero-order valence-corrected chi connectivity index (χ0v) is 13.5. The topological polar surface area (TPSA) is 30.5 Å². The number of methoxy groups -OCH3 is 1. The molecule has 3 nitrogen and oxygen atoms in total. The summed E-state index contributed by atoms with van der Waals surface area (Å²) >= 11 is 7.84. The van der Waals surface area contributed by atoms with Gasteiger partial charge in [-0.1, -0.05) is 11.6 Å². The Morgan fingerprint density at radius 2 is 2.24 bits per heavy atom. The molecule has 3 rings (SSSR count). The van der Waals surface area contributed by atoms with Crippen molar-refractivity contribution in [2.75, 3.05) is 7.11 Å². The number of hydrogen-bond donors (Lipinski definition) is 1. The minimum absolute atomic E-state index is 0.540. The van der Waals surface area contributed by atoms with Crippen LogP contribution in [0.4, 0.5) is 0 Å². The maximum atomic E-state index is 6.17. The van der Waals surface area contributed by atoms with E-state index in [0.717, 1.165) is 23.4 Å². The molecule has 1 aliphatic carbocycles. The van der Waals surface area contributed by atoms with Crippen LogP contribution in [0, 0.1) is 0 Å². The Labute approximate surface area is 133 Å². The van der Waals surface area contributed by atoms with Gasteiger partial charge in [-0.2, -0.15) is 11.3 Å². The molecule has 1 aromatic heterocycles. The van der Waals surface area contributed by atoms with Crippen LogP contribution >= 0.6 is 22.9 Å². The van der Waals surface area contributed by atoms with Gasteiger partial charge in [-0.15, -0.1) is 0 Å². The van der Waals surface area contributed by atoms with Crippen LogP contribution in [-0.4, -0.2) is 13.2 Å². The van der Waals surface area contributed by atoms with Crippen molar-refractivity contribution in [3.63, 3.8) is 0 Å². The van der Waals surface area contributed by atoms with E-state index >= 15 is 0 Å². The van der Waals surface area contributed by atoms with Crippen LogP contribution < -0.4 is 14.8 Å². The molecule has 0 amide bonds. The van der Waals surface area contributed by atoms with Gasteiger partial charge in [-0.3, -0.25) is 0 Å². The Morgan fingerprint density at radius 1 is 1.38 bits per heavy atom. The van der Waals surface area contributed by atoms with Crippen LogP contribution in [0.2, 0.25) is 5.02 Å². The molecule has 1 fully saturated rings. The minimum atomic E-state index is 0.540. The molecule has 0 saturated heterocycles. The zero-order chi connectivity index (χ0) is 14.7. The Morgan fingerprint density at radius 3 is 2.90 bits per heavy atom. The molecule has 1 aromatic carbocycles. The van der Waals surface area contributed by atoms with Gasteiger partial charge < -0.3 is 14.8 Å². The molecule has 1 heterocycles. The molecule has 1 saturated carbocycles. The van der Waals surface area contributed by atoms with Crippen LogP contribution in [-0.2, 0) is 13.2 Å². The zero-order valence-electron chi connectivity index (χ0n) is 11.9. The van der Waals surface area contributed by atoms with E-state index in [4.69, 9.17) is 21.1 Å². The van der Waals surface area contributed by atoms with Crippen LogP contribution in [0.3, 0.4) is 0 Å². The third-order valence-electron chi connectivity index (χ3n) is 3.44. The summed E-state index contributed by atoms with van der Waals surface area (Å²) in [5.41, 5.74) is 2.21. The van der Waals surface area contributed by atoms with E-state index < -0.39 is 0 Å². The van der Waals surface area contributed by atoms with Crippen molar-refractivity contribution in [3.05, 3.63) is 45.1 Å². The van der Waals surface area contributed by atoms with E-state index in [1.54, 1.807) is 24.5 Å². The van der Waals surface area contributed by atoms with Crippen LogP contribution in [0.25, 0.3) is 0 Å². The van der Waals surface area contributed by atoms with E-state index in [1.807, 2.05) is 11.4 Å². The second kappa shape index (κ2) is 6.69. The maximum absolute atomic E-state index is 6.17. The molecule has 2 aromatic rings. The SMILES string of the molecule is COc1cc(Cl)cc(CNC2CC2)c1OCc1ccsc1. The van der Waals surface area contributed by atoms with Gasteiger partial charge in [0.2, 0.25) is 0 Å². The van der Waals surface area contributed by atoms with Crippen LogP contribution in [0.1, 0.15) is 24.0 Å². The van der Waals surface area contributed by atoms with Gasteiger partial charge in [0.05, 0.1) is 7.11 Å². The third-order valence-corrected chi connectivity index (χ3v) is 4.39. The Kier molecular flexibility index (Phi) is 4.68. The summed E-state index contributed by atoms with van der Waals surface area (Å²) < 4.78 is 11.4. The average molecular weight is 324 g/mol. The summed E-state index contributed by atoms with van der Waals surface area (Å²) in [6, 6.07) is 6.45. The molecule has 1 N–H and O–H groups in total. The largest absolute Gasteiger partial charge is 0.493 e. The molecule has 0 radical (unpaired) electrons. The molecule has 0 spiro atoms. The Bertz CT molecular complexity index is 597. The number of thiophene rings is 1. The van der Waals surface area contributed by atoms with Gasteiger partial charge in [0.25, 0.3) is 0 Å². The Hall–Kier alpha value is -1.23. The molecular formula is C16H18ClNO2S. The number of hydrogen-bond acceptors (Lipinski definition) is 4. The monoisotopic (exact) mass is 323 g/mol. The van der Waals surface area contributed by atoms with Crippen molar-refractivity contribution in [1.82, 2.24) is 5.32 Å². The smallest absolute Gasteiger partial charge is 0.166 e. The number of ether oxygens (including phenoxy) is 2. The van der Waals surface area contributed by atoms with Crippen molar-refractivity contribution >= 4 is 22.9 Å². The van der Waals surface area contributed by atoms with Crippen molar-refractivity contribution in [1.29, 1.82) is 0 Å². The van der Waals surface area contributed by atoms with E-state index in [0.29, 0.717) is 23.4 Å². The Balaban J connectivity index is 1.79. The summed E-state index contributed by atoms with van der Waals surface area (Å²) in [5.74, 6) is 1.46. The number of halogens is 1. The molecule has 0 bridgehead atoms. The van der Waals surface area contributed by atoms with E-state index in [2.05, 4.69) is 16.8 Å². The molecule has 112 valence electrons. The highest BCUT2D eigenvalue weighted by atomic mass is 35.5. The first-order chi connectivity index (χ1) is 10.3. The first-order valence-corrected chi connectivity index (χ1v) is 8.32.